The predicted molar refractivity (Wildman–Crippen MR) is 51.4 cm³/mol. The number of hydrogen-bond donors (Lipinski definition) is 1. The van der Waals surface area contributed by atoms with Gasteiger partial charge in [0.25, 0.3) is 0 Å². The largest absolute Gasteiger partial charge is 0.476 e. The highest BCUT2D eigenvalue weighted by atomic mass is 16.4. The molecule has 0 saturated heterocycles. The highest BCUT2D eigenvalue weighted by molar-refractivity contribution is 5.92. The first-order valence-electron chi connectivity index (χ1n) is 4.29. The second kappa shape index (κ2) is 3.53. The molecule has 2 heterocycles. The maximum absolute atomic E-state index is 10.9. The quantitative estimate of drug-likeness (QED) is 0.806. The number of carboxylic acids is 1. The summed E-state index contributed by atoms with van der Waals surface area (Å²) in [6, 6.07) is 3.43. The number of pyridine rings is 1. The lowest BCUT2D eigenvalue weighted by Crippen LogP contribution is -1.98. The maximum atomic E-state index is 10.9. The van der Waals surface area contributed by atoms with Crippen molar-refractivity contribution < 1.29 is 14.3 Å². The van der Waals surface area contributed by atoms with Gasteiger partial charge in [-0.05, 0) is 12.1 Å². The summed E-state index contributed by atoms with van der Waals surface area (Å²) in [5.41, 5.74) is 0.524. The molecule has 5 nitrogen and oxygen atoms in total. The molecule has 0 saturated carbocycles. The van der Waals surface area contributed by atoms with E-state index in [0.717, 1.165) is 0 Å². The molecule has 76 valence electrons. The van der Waals surface area contributed by atoms with Crippen LogP contribution in [-0.4, -0.2) is 21.0 Å². The summed E-state index contributed by atoms with van der Waals surface area (Å²) in [4.78, 5) is 18.5. The first kappa shape index (κ1) is 9.39. The van der Waals surface area contributed by atoms with E-state index in [-0.39, 0.29) is 11.5 Å². The zero-order valence-corrected chi connectivity index (χ0v) is 7.97. The SMILES string of the molecule is Cc1nc(C(=O)O)c(-c2cccnc2)o1. The number of carboxylic acid groups (broad SMARTS) is 1. The van der Waals surface area contributed by atoms with Crippen LogP contribution in [0.25, 0.3) is 11.3 Å². The number of oxazole rings is 1. The van der Waals surface area contributed by atoms with Crippen LogP contribution in [0.4, 0.5) is 0 Å². The second-order valence-electron chi connectivity index (χ2n) is 2.96. The Morgan fingerprint density at radius 1 is 1.53 bits per heavy atom. The molecule has 0 aliphatic heterocycles. The highest BCUT2D eigenvalue weighted by Gasteiger charge is 2.18. The molecule has 0 aliphatic rings. The Bertz CT molecular complexity index is 491. The molecule has 0 spiro atoms. The van der Waals surface area contributed by atoms with Crippen LogP contribution >= 0.6 is 0 Å². The number of rotatable bonds is 2. The molecule has 0 aromatic carbocycles. The van der Waals surface area contributed by atoms with Crippen molar-refractivity contribution >= 4 is 5.97 Å². The molecule has 15 heavy (non-hydrogen) atoms. The Morgan fingerprint density at radius 3 is 2.93 bits per heavy atom. The maximum Gasteiger partial charge on any atom is 0.358 e. The van der Waals surface area contributed by atoms with Crippen LogP contribution in [0.1, 0.15) is 16.4 Å². The van der Waals surface area contributed by atoms with E-state index in [1.807, 2.05) is 0 Å². The van der Waals surface area contributed by atoms with Crippen molar-refractivity contribution in [2.24, 2.45) is 0 Å². The van der Waals surface area contributed by atoms with Crippen LogP contribution in [0.3, 0.4) is 0 Å². The van der Waals surface area contributed by atoms with Gasteiger partial charge in [-0.25, -0.2) is 9.78 Å². The van der Waals surface area contributed by atoms with E-state index in [1.165, 1.54) is 6.20 Å². The molecule has 0 amide bonds. The second-order valence-corrected chi connectivity index (χ2v) is 2.96. The van der Waals surface area contributed by atoms with E-state index in [4.69, 9.17) is 9.52 Å². The molecule has 0 aliphatic carbocycles. The van der Waals surface area contributed by atoms with Crippen LogP contribution < -0.4 is 0 Å². The van der Waals surface area contributed by atoms with Crippen LogP contribution in [0.5, 0.6) is 0 Å². The van der Waals surface area contributed by atoms with Crippen LogP contribution in [0.2, 0.25) is 0 Å². The van der Waals surface area contributed by atoms with E-state index >= 15 is 0 Å². The van der Waals surface area contributed by atoms with E-state index in [1.54, 1.807) is 25.3 Å². The van der Waals surface area contributed by atoms with Crippen molar-refractivity contribution in [3.63, 3.8) is 0 Å². The van der Waals surface area contributed by atoms with Gasteiger partial charge in [0.2, 0.25) is 0 Å². The Hall–Kier alpha value is -2.17. The zero-order valence-electron chi connectivity index (χ0n) is 7.97. The number of carbonyl (C=O) groups is 1. The normalized spacial score (nSPS) is 10.2. The van der Waals surface area contributed by atoms with Gasteiger partial charge in [-0.2, -0.15) is 0 Å². The molecule has 0 fully saturated rings. The van der Waals surface area contributed by atoms with Gasteiger partial charge >= 0.3 is 5.97 Å². The molecule has 2 rings (SSSR count). The lowest BCUT2D eigenvalue weighted by Gasteiger charge is -1.95. The molecule has 0 unspecified atom stereocenters. The first-order valence-corrected chi connectivity index (χ1v) is 4.29. The molecule has 0 atom stereocenters. The molecule has 1 N–H and O–H groups in total. The first-order chi connectivity index (χ1) is 7.18. The average Bonchev–Trinajstić information content (AvgIpc) is 2.62. The third-order valence-corrected chi connectivity index (χ3v) is 1.86. The fourth-order valence-corrected chi connectivity index (χ4v) is 1.26. The van der Waals surface area contributed by atoms with Crippen molar-refractivity contribution in [2.75, 3.05) is 0 Å². The Balaban J connectivity index is 2.58. The van der Waals surface area contributed by atoms with Gasteiger partial charge in [0, 0.05) is 24.9 Å². The molecular formula is C10H8N2O3. The Labute approximate surface area is 85.4 Å². The van der Waals surface area contributed by atoms with E-state index in [2.05, 4.69) is 9.97 Å². The summed E-state index contributed by atoms with van der Waals surface area (Å²) in [5, 5.41) is 8.90. The Morgan fingerprint density at radius 2 is 2.33 bits per heavy atom. The zero-order chi connectivity index (χ0) is 10.8. The van der Waals surface area contributed by atoms with Crippen molar-refractivity contribution in [2.45, 2.75) is 6.92 Å². The molecule has 2 aromatic heterocycles. The minimum absolute atomic E-state index is 0.0829. The summed E-state index contributed by atoms with van der Waals surface area (Å²) in [6.45, 7) is 1.60. The van der Waals surface area contributed by atoms with E-state index in [0.29, 0.717) is 11.5 Å². The molecule has 0 bridgehead atoms. The summed E-state index contributed by atoms with van der Waals surface area (Å²) in [7, 11) is 0. The fraction of sp³-hybridized carbons (Fsp3) is 0.100. The minimum atomic E-state index is -1.11. The van der Waals surface area contributed by atoms with Crippen molar-refractivity contribution in [3.8, 4) is 11.3 Å². The summed E-state index contributed by atoms with van der Waals surface area (Å²) >= 11 is 0. The summed E-state index contributed by atoms with van der Waals surface area (Å²) < 4.78 is 5.23. The van der Waals surface area contributed by atoms with Crippen LogP contribution in [0.15, 0.2) is 28.9 Å². The number of hydrogen-bond acceptors (Lipinski definition) is 4. The average molecular weight is 204 g/mol. The van der Waals surface area contributed by atoms with Gasteiger partial charge in [-0.1, -0.05) is 0 Å². The van der Waals surface area contributed by atoms with Gasteiger partial charge in [-0.3, -0.25) is 4.98 Å². The number of aromatic nitrogens is 2. The monoisotopic (exact) mass is 204 g/mol. The Kier molecular flexibility index (Phi) is 2.21. The van der Waals surface area contributed by atoms with Gasteiger partial charge < -0.3 is 9.52 Å². The number of nitrogens with zero attached hydrogens (tertiary/aromatic N) is 2. The molecule has 2 aromatic rings. The topological polar surface area (TPSA) is 76.2 Å². The summed E-state index contributed by atoms with van der Waals surface area (Å²) in [5.74, 6) is -0.537. The van der Waals surface area contributed by atoms with E-state index < -0.39 is 5.97 Å². The van der Waals surface area contributed by atoms with Crippen molar-refractivity contribution in [1.82, 2.24) is 9.97 Å². The highest BCUT2D eigenvalue weighted by Crippen LogP contribution is 2.23. The fourth-order valence-electron chi connectivity index (χ4n) is 1.26. The van der Waals surface area contributed by atoms with Crippen LogP contribution in [-0.2, 0) is 0 Å². The lowest BCUT2D eigenvalue weighted by molar-refractivity contribution is 0.0691. The third-order valence-electron chi connectivity index (χ3n) is 1.86. The predicted octanol–water partition coefficient (Wildman–Crippen LogP) is 1.74. The van der Waals surface area contributed by atoms with Gasteiger partial charge in [0.15, 0.2) is 17.3 Å². The third kappa shape index (κ3) is 1.71. The minimum Gasteiger partial charge on any atom is -0.476 e. The van der Waals surface area contributed by atoms with Crippen molar-refractivity contribution in [3.05, 3.63) is 36.1 Å². The number of aromatic carboxylic acids is 1. The number of aryl methyl sites for hydroxylation is 1. The molecular weight excluding hydrogens is 196 g/mol. The van der Waals surface area contributed by atoms with Crippen molar-refractivity contribution in [1.29, 1.82) is 0 Å². The smallest absolute Gasteiger partial charge is 0.358 e. The van der Waals surface area contributed by atoms with Gasteiger partial charge in [0.05, 0.1) is 0 Å². The summed E-state index contributed by atoms with van der Waals surface area (Å²) in [6.07, 6.45) is 3.14. The molecule has 5 heteroatoms. The van der Waals surface area contributed by atoms with Gasteiger partial charge in [-0.15, -0.1) is 0 Å². The lowest BCUT2D eigenvalue weighted by atomic mass is 10.2. The standard InChI is InChI=1S/C10H8N2O3/c1-6-12-8(10(13)14)9(15-6)7-3-2-4-11-5-7/h2-5H,1H3,(H,13,14). The van der Waals surface area contributed by atoms with Crippen LogP contribution in [0, 0.1) is 6.92 Å². The van der Waals surface area contributed by atoms with Gasteiger partial charge in [0.1, 0.15) is 0 Å². The van der Waals surface area contributed by atoms with E-state index in [9.17, 15) is 4.79 Å². The molecule has 0 radical (unpaired) electrons.